The predicted octanol–water partition coefficient (Wildman–Crippen LogP) is 1.25. The maximum atomic E-state index is 12.7. The van der Waals surface area contributed by atoms with E-state index in [-0.39, 0.29) is 24.4 Å². The van der Waals surface area contributed by atoms with Crippen LogP contribution in [-0.2, 0) is 16.1 Å². The molecule has 0 spiro atoms. The molecule has 7 nitrogen and oxygen atoms in total. The summed E-state index contributed by atoms with van der Waals surface area (Å²) in [5, 5.41) is 11.1. The fraction of sp³-hybridized carbons (Fsp3) is 0.500. The number of carbonyl (C=O) groups is 2. The van der Waals surface area contributed by atoms with Crippen LogP contribution in [0.4, 0.5) is 0 Å². The van der Waals surface area contributed by atoms with Crippen LogP contribution in [0.3, 0.4) is 0 Å². The molecule has 2 unspecified atom stereocenters. The number of nitrogens with one attached hydrogen (secondary N) is 1. The lowest BCUT2D eigenvalue weighted by atomic mass is 10.2. The van der Waals surface area contributed by atoms with E-state index in [1.165, 1.54) is 0 Å². The molecule has 0 saturated carbocycles. The van der Waals surface area contributed by atoms with Crippen molar-refractivity contribution in [1.29, 1.82) is 0 Å². The van der Waals surface area contributed by atoms with Gasteiger partial charge in [0.1, 0.15) is 18.1 Å². The van der Waals surface area contributed by atoms with E-state index in [1.807, 2.05) is 38.1 Å². The van der Waals surface area contributed by atoms with E-state index in [4.69, 9.17) is 0 Å². The van der Waals surface area contributed by atoms with Crippen molar-refractivity contribution in [3.63, 3.8) is 0 Å². The monoisotopic (exact) mass is 347 g/mol. The molecule has 1 aromatic carbocycles. The van der Waals surface area contributed by atoms with Gasteiger partial charge in [0, 0.05) is 11.8 Å². The van der Waals surface area contributed by atoms with Gasteiger partial charge in [-0.1, -0.05) is 24.3 Å². The van der Waals surface area contributed by atoms with Crippen molar-refractivity contribution in [2.45, 2.75) is 38.9 Å². The first-order valence-electron chi connectivity index (χ1n) is 8.06. The van der Waals surface area contributed by atoms with Gasteiger partial charge in [-0.3, -0.25) is 9.59 Å². The molecule has 1 aliphatic heterocycles. The largest absolute Gasteiger partial charge is 0.352 e. The van der Waals surface area contributed by atoms with E-state index in [9.17, 15) is 9.59 Å². The van der Waals surface area contributed by atoms with Crippen LogP contribution in [-0.4, -0.2) is 55.4 Å². The number of fused-ring (bicyclic) bond motifs is 1. The van der Waals surface area contributed by atoms with E-state index < -0.39 is 6.04 Å². The molecule has 0 bridgehead atoms. The van der Waals surface area contributed by atoms with Gasteiger partial charge in [-0.15, -0.1) is 16.9 Å². The number of benzene rings is 1. The molecule has 2 atom stereocenters. The van der Waals surface area contributed by atoms with Crippen LogP contribution >= 0.6 is 11.8 Å². The van der Waals surface area contributed by atoms with Gasteiger partial charge in [-0.25, -0.2) is 4.68 Å². The van der Waals surface area contributed by atoms with Crippen molar-refractivity contribution in [2.75, 3.05) is 11.6 Å². The van der Waals surface area contributed by atoms with Gasteiger partial charge in [0.25, 0.3) is 0 Å². The van der Waals surface area contributed by atoms with Crippen LogP contribution < -0.4 is 5.32 Å². The van der Waals surface area contributed by atoms with Crippen LogP contribution in [0.1, 0.15) is 20.3 Å². The van der Waals surface area contributed by atoms with Crippen molar-refractivity contribution in [2.24, 2.45) is 0 Å². The Morgan fingerprint density at radius 1 is 1.42 bits per heavy atom. The Hall–Kier alpha value is -2.09. The Morgan fingerprint density at radius 3 is 3.00 bits per heavy atom. The second-order valence-corrected chi connectivity index (χ2v) is 6.93. The molecule has 128 valence electrons. The molecule has 0 radical (unpaired) electrons. The van der Waals surface area contributed by atoms with E-state index in [1.54, 1.807) is 21.3 Å². The minimum atomic E-state index is -0.411. The van der Waals surface area contributed by atoms with E-state index >= 15 is 0 Å². The van der Waals surface area contributed by atoms with Gasteiger partial charge in [-0.2, -0.15) is 0 Å². The number of amides is 2. The van der Waals surface area contributed by atoms with Crippen LogP contribution in [0.15, 0.2) is 24.3 Å². The van der Waals surface area contributed by atoms with Crippen molar-refractivity contribution in [3.8, 4) is 0 Å². The highest BCUT2D eigenvalue weighted by Gasteiger charge is 2.35. The minimum absolute atomic E-state index is 0.0776. The molecular weight excluding hydrogens is 326 g/mol. The molecule has 1 aromatic heterocycles. The highest BCUT2D eigenvalue weighted by molar-refractivity contribution is 7.99. The number of para-hydroxylation sites is 1. The molecule has 3 rings (SSSR count). The van der Waals surface area contributed by atoms with E-state index in [2.05, 4.69) is 15.6 Å². The zero-order chi connectivity index (χ0) is 17.1. The summed E-state index contributed by atoms with van der Waals surface area (Å²) in [7, 11) is 0. The molecule has 2 aromatic rings. The van der Waals surface area contributed by atoms with Crippen molar-refractivity contribution in [1.82, 2.24) is 25.2 Å². The zero-order valence-electron chi connectivity index (χ0n) is 13.8. The fourth-order valence-corrected chi connectivity index (χ4v) is 3.78. The number of thioether (sulfide) groups is 1. The number of aromatic nitrogens is 3. The third-order valence-electron chi connectivity index (χ3n) is 4.21. The normalized spacial score (nSPS) is 18.8. The second kappa shape index (κ2) is 7.21. The smallest absolute Gasteiger partial charge is 0.245 e. The molecule has 0 aliphatic carbocycles. The third kappa shape index (κ3) is 3.38. The molecule has 8 heteroatoms. The number of nitrogens with zero attached hydrogens (tertiary/aromatic N) is 4. The Morgan fingerprint density at radius 2 is 2.21 bits per heavy atom. The summed E-state index contributed by atoms with van der Waals surface area (Å²) in [6.07, 6.45) is 0.866. The highest BCUT2D eigenvalue weighted by atomic mass is 32.2. The highest BCUT2D eigenvalue weighted by Crippen LogP contribution is 2.22. The lowest BCUT2D eigenvalue weighted by Gasteiger charge is -2.24. The average molecular weight is 347 g/mol. The summed E-state index contributed by atoms with van der Waals surface area (Å²) in [6.45, 7) is 4.08. The summed E-state index contributed by atoms with van der Waals surface area (Å²) in [6, 6.07) is 7.22. The third-order valence-corrected chi connectivity index (χ3v) is 5.22. The second-order valence-electron chi connectivity index (χ2n) is 5.93. The average Bonchev–Trinajstić information content (AvgIpc) is 3.22. The Kier molecular flexibility index (Phi) is 5.03. The quantitative estimate of drug-likeness (QED) is 0.880. The molecule has 1 fully saturated rings. The Bertz CT molecular complexity index is 747. The Labute approximate surface area is 144 Å². The van der Waals surface area contributed by atoms with Gasteiger partial charge >= 0.3 is 0 Å². The van der Waals surface area contributed by atoms with Crippen molar-refractivity contribution < 1.29 is 9.59 Å². The minimum Gasteiger partial charge on any atom is -0.352 e. The first kappa shape index (κ1) is 16.8. The van der Waals surface area contributed by atoms with Gasteiger partial charge in [0.2, 0.25) is 11.8 Å². The standard InChI is InChI=1S/C16H21N5O2S/c1-3-11(2)17-16(23)14-9-24-10-20(14)15(22)8-21-13-7-5-4-6-12(13)18-19-21/h4-7,11,14H,3,8-10H2,1-2H3,(H,17,23). The summed E-state index contributed by atoms with van der Waals surface area (Å²) in [5.41, 5.74) is 1.57. The summed E-state index contributed by atoms with van der Waals surface area (Å²) in [5.74, 6) is 0.974. The van der Waals surface area contributed by atoms with Gasteiger partial charge in [0.15, 0.2) is 0 Å². The summed E-state index contributed by atoms with van der Waals surface area (Å²) < 4.78 is 1.59. The van der Waals surface area contributed by atoms with Crippen molar-refractivity contribution >= 4 is 34.6 Å². The number of rotatable bonds is 5. The summed E-state index contributed by atoms with van der Waals surface area (Å²) in [4.78, 5) is 26.7. The first-order valence-corrected chi connectivity index (χ1v) is 9.21. The van der Waals surface area contributed by atoms with Gasteiger partial charge < -0.3 is 10.2 Å². The van der Waals surface area contributed by atoms with Gasteiger partial charge in [-0.05, 0) is 25.5 Å². The lowest BCUT2D eigenvalue weighted by Crippen LogP contribution is -2.50. The van der Waals surface area contributed by atoms with Crippen LogP contribution in [0.2, 0.25) is 0 Å². The Balaban J connectivity index is 1.70. The molecule has 1 saturated heterocycles. The van der Waals surface area contributed by atoms with Crippen LogP contribution in [0.5, 0.6) is 0 Å². The van der Waals surface area contributed by atoms with E-state index in [0.717, 1.165) is 17.5 Å². The lowest BCUT2D eigenvalue weighted by molar-refractivity contribution is -0.138. The molecule has 1 N–H and O–H groups in total. The van der Waals surface area contributed by atoms with Crippen molar-refractivity contribution in [3.05, 3.63) is 24.3 Å². The fourth-order valence-electron chi connectivity index (χ4n) is 2.60. The molecular formula is C16H21N5O2S. The summed E-state index contributed by atoms with van der Waals surface area (Å²) >= 11 is 1.60. The first-order chi connectivity index (χ1) is 11.6. The molecule has 2 amide bonds. The maximum Gasteiger partial charge on any atom is 0.245 e. The molecule has 2 heterocycles. The van der Waals surface area contributed by atoms with E-state index in [0.29, 0.717) is 11.6 Å². The van der Waals surface area contributed by atoms with Crippen LogP contribution in [0.25, 0.3) is 11.0 Å². The molecule has 1 aliphatic rings. The number of carbonyl (C=O) groups excluding carboxylic acids is 2. The number of hydrogen-bond acceptors (Lipinski definition) is 5. The maximum absolute atomic E-state index is 12.7. The molecule has 24 heavy (non-hydrogen) atoms. The van der Waals surface area contributed by atoms with Crippen LogP contribution in [0, 0.1) is 0 Å². The SMILES string of the molecule is CCC(C)NC(=O)C1CSCN1C(=O)Cn1nnc2ccccc21. The number of hydrogen-bond donors (Lipinski definition) is 1. The van der Waals surface area contributed by atoms with Gasteiger partial charge in [0.05, 0.1) is 11.4 Å². The zero-order valence-corrected chi connectivity index (χ0v) is 14.6. The predicted molar refractivity (Wildman–Crippen MR) is 93.4 cm³/mol. The topological polar surface area (TPSA) is 80.1 Å².